The predicted octanol–water partition coefficient (Wildman–Crippen LogP) is 6.17. The molecule has 0 N–H and O–H groups in total. The summed E-state index contributed by atoms with van der Waals surface area (Å²) in [4.78, 5) is 0. The first-order chi connectivity index (χ1) is 14.3. The summed E-state index contributed by atoms with van der Waals surface area (Å²) in [6, 6.07) is 32.3. The SMILES string of the molecule is C[C]1[CH][CH][C]2C=CC=C[C]12.[CH3-].[Ni+2].c1ccc(P(c2ccccc2)c2ccccc2)cc1. The molecular weight excluding hydrogens is 438 g/mol. The van der Waals surface area contributed by atoms with Gasteiger partial charge in [0, 0.05) is 11.8 Å². The molecule has 0 amide bonds. The number of hydrogen-bond acceptors (Lipinski definition) is 0. The number of rotatable bonds is 3. The smallest absolute Gasteiger partial charge is 0.358 e. The Kier molecular flexibility index (Phi) is 10.5. The third-order valence-electron chi connectivity index (χ3n) is 4.94. The standard InChI is InChI=1S/C18H15P.C10H9.CH3.Ni/c1-4-10-16(11-5-1)19(17-12-6-2-7-13-17)18-14-8-3-9-15-18;1-8-6-7-9-4-2-3-5-10(8)9;;/h1-15H;2-7H,1H3;1H3;/q;;-1;+2. The van der Waals surface area contributed by atoms with E-state index in [2.05, 4.69) is 135 Å². The average molecular weight is 465 g/mol. The second-order valence-electron chi connectivity index (χ2n) is 6.95. The first-order valence-electron chi connectivity index (χ1n) is 9.89. The first kappa shape index (κ1) is 25.3. The molecule has 157 valence electrons. The van der Waals surface area contributed by atoms with Crippen LogP contribution in [0, 0.1) is 38.0 Å². The fourth-order valence-corrected chi connectivity index (χ4v) is 5.79. The van der Waals surface area contributed by atoms with E-state index in [0.717, 1.165) is 0 Å². The number of allylic oxidation sites excluding steroid dienone is 4. The van der Waals surface area contributed by atoms with Crippen LogP contribution in [0.4, 0.5) is 0 Å². The first-order valence-corrected chi connectivity index (χ1v) is 11.2. The maximum Gasteiger partial charge on any atom is 2.00 e. The Labute approximate surface area is 200 Å². The fraction of sp³-hybridized carbons (Fsp3) is 0.0345. The van der Waals surface area contributed by atoms with E-state index >= 15 is 0 Å². The number of fused-ring (bicyclic) bond motifs is 1. The Morgan fingerprint density at radius 1 is 0.548 bits per heavy atom. The van der Waals surface area contributed by atoms with E-state index in [9.17, 15) is 0 Å². The predicted molar refractivity (Wildman–Crippen MR) is 134 cm³/mol. The van der Waals surface area contributed by atoms with E-state index in [1.165, 1.54) is 33.7 Å². The molecule has 0 aliphatic heterocycles. The molecule has 2 aliphatic rings. The molecule has 1 fully saturated rings. The fourth-order valence-electron chi connectivity index (χ4n) is 3.48. The third kappa shape index (κ3) is 6.52. The van der Waals surface area contributed by atoms with Gasteiger partial charge in [-0.2, -0.15) is 0 Å². The Hall–Kier alpha value is -1.94. The summed E-state index contributed by atoms with van der Waals surface area (Å²) in [6.07, 6.45) is 12.8. The molecule has 1 saturated carbocycles. The Morgan fingerprint density at radius 3 is 1.39 bits per heavy atom. The topological polar surface area (TPSA) is 0 Å². The van der Waals surface area contributed by atoms with Crippen molar-refractivity contribution in [3.05, 3.63) is 153 Å². The van der Waals surface area contributed by atoms with Gasteiger partial charge in [0.15, 0.2) is 0 Å². The van der Waals surface area contributed by atoms with Crippen LogP contribution in [0.5, 0.6) is 0 Å². The molecule has 0 heterocycles. The van der Waals surface area contributed by atoms with E-state index in [1.807, 2.05) is 0 Å². The Balaban J connectivity index is 0.000000243. The minimum Gasteiger partial charge on any atom is -0.358 e. The van der Waals surface area contributed by atoms with Crippen LogP contribution >= 0.6 is 7.92 Å². The summed E-state index contributed by atoms with van der Waals surface area (Å²) >= 11 is 0. The summed E-state index contributed by atoms with van der Waals surface area (Å²) in [7, 11) is -0.446. The molecule has 0 spiro atoms. The molecule has 0 nitrogen and oxygen atoms in total. The Morgan fingerprint density at radius 2 is 0.968 bits per heavy atom. The molecule has 5 rings (SSSR count). The van der Waals surface area contributed by atoms with Gasteiger partial charge in [-0.05, 0) is 42.6 Å². The van der Waals surface area contributed by atoms with Crippen molar-refractivity contribution in [1.82, 2.24) is 0 Å². The van der Waals surface area contributed by atoms with E-state index in [4.69, 9.17) is 0 Å². The van der Waals surface area contributed by atoms with Crippen molar-refractivity contribution in [2.24, 2.45) is 0 Å². The maximum atomic E-state index is 2.23. The number of hydrogen-bond donors (Lipinski definition) is 0. The van der Waals surface area contributed by atoms with E-state index in [0.29, 0.717) is 0 Å². The van der Waals surface area contributed by atoms with Crippen molar-refractivity contribution in [2.75, 3.05) is 0 Å². The quantitative estimate of drug-likeness (QED) is 0.247. The number of benzene rings is 3. The van der Waals surface area contributed by atoms with Crippen LogP contribution in [0.1, 0.15) is 6.92 Å². The van der Waals surface area contributed by atoms with Crippen molar-refractivity contribution in [1.29, 1.82) is 0 Å². The van der Waals surface area contributed by atoms with Gasteiger partial charge in [0.2, 0.25) is 0 Å². The van der Waals surface area contributed by atoms with Crippen LogP contribution in [-0.4, -0.2) is 0 Å². The van der Waals surface area contributed by atoms with Crippen LogP contribution < -0.4 is 15.9 Å². The van der Waals surface area contributed by atoms with E-state index in [-0.39, 0.29) is 23.9 Å². The van der Waals surface area contributed by atoms with Gasteiger partial charge in [0.25, 0.3) is 0 Å². The Bertz CT molecular complexity index is 840. The largest absolute Gasteiger partial charge is 2.00 e. The molecule has 0 bridgehead atoms. The minimum absolute atomic E-state index is 0. The van der Waals surface area contributed by atoms with Crippen molar-refractivity contribution in [3.63, 3.8) is 0 Å². The maximum absolute atomic E-state index is 2.23. The zero-order chi connectivity index (χ0) is 19.9. The summed E-state index contributed by atoms with van der Waals surface area (Å²) in [5.41, 5.74) is 0. The summed E-state index contributed by atoms with van der Waals surface area (Å²) in [5.74, 6) is 4.10. The van der Waals surface area contributed by atoms with Crippen molar-refractivity contribution in [3.8, 4) is 0 Å². The van der Waals surface area contributed by atoms with Gasteiger partial charge in [0.05, 0.1) is 0 Å². The van der Waals surface area contributed by atoms with Crippen LogP contribution in [0.15, 0.2) is 115 Å². The van der Waals surface area contributed by atoms with E-state index in [1.54, 1.807) is 0 Å². The van der Waals surface area contributed by atoms with Gasteiger partial charge < -0.3 is 7.43 Å². The molecule has 5 radical (unpaired) electrons. The van der Waals surface area contributed by atoms with Gasteiger partial charge in [-0.25, -0.2) is 0 Å². The van der Waals surface area contributed by atoms with Gasteiger partial charge >= 0.3 is 16.5 Å². The molecular formula is C29H27NiP+. The van der Waals surface area contributed by atoms with Crippen molar-refractivity contribution >= 4 is 23.8 Å². The minimum atomic E-state index is -0.446. The molecule has 31 heavy (non-hydrogen) atoms. The van der Waals surface area contributed by atoms with E-state index < -0.39 is 7.92 Å². The summed E-state index contributed by atoms with van der Waals surface area (Å²) in [6.45, 7) is 2.14. The molecule has 0 atom stereocenters. The molecule has 0 saturated heterocycles. The normalized spacial score (nSPS) is 15.4. The van der Waals surface area contributed by atoms with Gasteiger partial charge in [0.1, 0.15) is 0 Å². The molecule has 3 aromatic rings. The molecule has 2 heteroatoms. The van der Waals surface area contributed by atoms with Gasteiger partial charge in [-0.1, -0.05) is 122 Å². The van der Waals surface area contributed by atoms with Crippen LogP contribution in [0.3, 0.4) is 0 Å². The van der Waals surface area contributed by atoms with Crippen molar-refractivity contribution in [2.45, 2.75) is 6.92 Å². The van der Waals surface area contributed by atoms with Crippen LogP contribution in [-0.2, 0) is 16.5 Å². The molecule has 0 unspecified atom stereocenters. The van der Waals surface area contributed by atoms with Crippen LogP contribution in [0.2, 0.25) is 0 Å². The van der Waals surface area contributed by atoms with Gasteiger partial charge in [-0.15, -0.1) is 0 Å². The molecule has 0 aromatic heterocycles. The summed E-state index contributed by atoms with van der Waals surface area (Å²) < 4.78 is 0. The second-order valence-corrected chi connectivity index (χ2v) is 9.17. The van der Waals surface area contributed by atoms with Crippen molar-refractivity contribution < 1.29 is 16.5 Å². The van der Waals surface area contributed by atoms with Gasteiger partial charge in [-0.3, -0.25) is 0 Å². The second kappa shape index (κ2) is 12.8. The summed E-state index contributed by atoms with van der Waals surface area (Å²) in [5, 5.41) is 4.19. The zero-order valence-electron chi connectivity index (χ0n) is 17.9. The monoisotopic (exact) mass is 464 g/mol. The molecule has 3 aromatic carbocycles. The molecule has 2 aliphatic carbocycles. The van der Waals surface area contributed by atoms with Crippen LogP contribution in [0.25, 0.3) is 0 Å². The third-order valence-corrected chi connectivity index (χ3v) is 7.39. The average Bonchev–Trinajstić information content (AvgIpc) is 3.18. The zero-order valence-corrected chi connectivity index (χ0v) is 19.8.